The molecule has 0 bridgehead atoms. The van der Waals surface area contributed by atoms with Crippen LogP contribution < -0.4 is 9.47 Å². The lowest BCUT2D eigenvalue weighted by molar-refractivity contribution is -0.383. The lowest BCUT2D eigenvalue weighted by atomic mass is 9.94. The highest BCUT2D eigenvalue weighted by atomic mass is 16.6. The van der Waals surface area contributed by atoms with E-state index >= 15 is 0 Å². The number of amides is 3. The van der Waals surface area contributed by atoms with E-state index in [1.165, 1.54) is 43.7 Å². The number of hydrogen-bond acceptors (Lipinski definition) is 9. The Hall–Kier alpha value is -4.84. The number of morpholine rings is 1. The highest BCUT2D eigenvalue weighted by Crippen LogP contribution is 2.35. The largest absolute Gasteiger partial charge is 0.493 e. The number of non-ortho nitro benzene ring substituents is 1. The molecule has 0 saturated carbocycles. The van der Waals surface area contributed by atoms with Crippen molar-refractivity contribution < 1.29 is 33.5 Å². The fourth-order valence-corrected chi connectivity index (χ4v) is 4.95. The first-order valence-corrected chi connectivity index (χ1v) is 12.5. The lowest BCUT2D eigenvalue weighted by Gasteiger charge is -2.35. The smallest absolute Gasteiger partial charge is 0.282 e. The molecule has 12 nitrogen and oxygen atoms in total. The van der Waals surface area contributed by atoms with Gasteiger partial charge < -0.3 is 19.1 Å². The summed E-state index contributed by atoms with van der Waals surface area (Å²) in [5.41, 5.74) is 0.592. The van der Waals surface area contributed by atoms with Gasteiger partial charge in [0.05, 0.1) is 47.0 Å². The predicted molar refractivity (Wildman–Crippen MR) is 144 cm³/mol. The number of hydrazone groups is 1. The maximum atomic E-state index is 13.1. The molecule has 0 spiro atoms. The summed E-state index contributed by atoms with van der Waals surface area (Å²) < 4.78 is 16.8. The fourth-order valence-electron chi connectivity index (χ4n) is 4.95. The van der Waals surface area contributed by atoms with E-state index in [1.54, 1.807) is 23.1 Å². The van der Waals surface area contributed by atoms with Gasteiger partial charge in [-0.1, -0.05) is 6.07 Å². The van der Waals surface area contributed by atoms with Crippen LogP contribution in [0, 0.1) is 10.1 Å². The maximum absolute atomic E-state index is 13.1. The standard InChI is InChI=1S/C28H26N4O8/c1-16-13-30(14-17(2)40-16)25(33)15-39-23-10-7-18(11-24(23)38-3)12-29-31-27(34)20-6-4-5-19-22(32(36)37)9-8-21(26(19)20)28(31)35/h4-12,16-17H,13-15H2,1-3H3/b29-12-/t16-,17+. The molecular weight excluding hydrogens is 520 g/mol. The van der Waals surface area contributed by atoms with Crippen molar-refractivity contribution in [3.05, 3.63) is 75.3 Å². The van der Waals surface area contributed by atoms with Crippen molar-refractivity contribution in [3.8, 4) is 11.5 Å². The molecule has 40 heavy (non-hydrogen) atoms. The number of benzene rings is 3. The number of methoxy groups -OCH3 is 1. The minimum absolute atomic E-state index is 0.0561. The average Bonchev–Trinajstić information content (AvgIpc) is 2.93. The van der Waals surface area contributed by atoms with E-state index in [1.807, 2.05) is 13.8 Å². The third kappa shape index (κ3) is 4.96. The molecule has 5 rings (SSSR count). The van der Waals surface area contributed by atoms with E-state index < -0.39 is 16.7 Å². The zero-order valence-corrected chi connectivity index (χ0v) is 22.0. The zero-order valence-electron chi connectivity index (χ0n) is 22.0. The van der Waals surface area contributed by atoms with Gasteiger partial charge in [-0.05, 0) is 55.8 Å². The first-order chi connectivity index (χ1) is 19.2. The summed E-state index contributed by atoms with van der Waals surface area (Å²) in [6.07, 6.45) is 1.21. The monoisotopic (exact) mass is 546 g/mol. The Balaban J connectivity index is 1.33. The van der Waals surface area contributed by atoms with Gasteiger partial charge in [0.25, 0.3) is 23.4 Å². The van der Waals surface area contributed by atoms with Crippen LogP contribution in [-0.2, 0) is 9.53 Å². The van der Waals surface area contributed by atoms with Crippen molar-refractivity contribution in [2.24, 2.45) is 5.10 Å². The molecule has 0 aliphatic carbocycles. The first kappa shape index (κ1) is 26.8. The third-order valence-corrected chi connectivity index (χ3v) is 6.69. The Bertz CT molecular complexity index is 1540. The summed E-state index contributed by atoms with van der Waals surface area (Å²) in [6.45, 7) is 4.63. The number of carbonyl (C=O) groups excluding carboxylic acids is 3. The second-order valence-electron chi connectivity index (χ2n) is 9.54. The van der Waals surface area contributed by atoms with Crippen LogP contribution in [0.2, 0.25) is 0 Å². The van der Waals surface area contributed by atoms with E-state index in [0.717, 1.165) is 5.01 Å². The molecule has 0 N–H and O–H groups in total. The van der Waals surface area contributed by atoms with E-state index in [2.05, 4.69) is 5.10 Å². The fraction of sp³-hybridized carbons (Fsp3) is 0.286. The molecule has 12 heteroatoms. The second-order valence-corrected chi connectivity index (χ2v) is 9.54. The highest BCUT2D eigenvalue weighted by molar-refractivity contribution is 6.26. The van der Waals surface area contributed by atoms with Crippen LogP contribution in [0.15, 0.2) is 53.6 Å². The van der Waals surface area contributed by atoms with Gasteiger partial charge in [-0.15, -0.1) is 0 Å². The number of nitrogens with zero attached hydrogens (tertiary/aromatic N) is 4. The molecule has 2 atom stereocenters. The molecule has 0 aromatic heterocycles. The van der Waals surface area contributed by atoms with Crippen LogP contribution in [0.3, 0.4) is 0 Å². The molecular formula is C28H26N4O8. The molecule has 1 saturated heterocycles. The van der Waals surface area contributed by atoms with Crippen molar-refractivity contribution >= 4 is 40.4 Å². The number of carbonyl (C=O) groups is 3. The molecule has 0 unspecified atom stereocenters. The number of rotatable bonds is 7. The maximum Gasteiger partial charge on any atom is 0.282 e. The SMILES string of the molecule is COc1cc(/C=N\N2C(=O)c3cccc4c([N+](=O)[O-])ccc(c34)C2=O)ccc1OCC(=O)N1C[C@@H](C)O[C@@H](C)C1. The molecule has 1 fully saturated rings. The molecule has 206 valence electrons. The van der Waals surface area contributed by atoms with E-state index in [-0.39, 0.29) is 52.3 Å². The minimum atomic E-state index is -0.697. The van der Waals surface area contributed by atoms with Gasteiger partial charge in [-0.25, -0.2) is 0 Å². The van der Waals surface area contributed by atoms with Crippen molar-refractivity contribution in [2.45, 2.75) is 26.1 Å². The van der Waals surface area contributed by atoms with E-state index in [4.69, 9.17) is 14.2 Å². The second kappa shape index (κ2) is 10.7. The Morgan fingerprint density at radius 3 is 2.45 bits per heavy atom. The van der Waals surface area contributed by atoms with E-state index in [0.29, 0.717) is 30.2 Å². The molecule has 2 heterocycles. The molecule has 3 aromatic carbocycles. The Labute approximate surface area is 228 Å². The average molecular weight is 547 g/mol. The van der Waals surface area contributed by atoms with Crippen LogP contribution >= 0.6 is 0 Å². The van der Waals surface area contributed by atoms with Crippen LogP contribution in [0.1, 0.15) is 40.1 Å². The highest BCUT2D eigenvalue weighted by Gasteiger charge is 2.35. The van der Waals surface area contributed by atoms with Gasteiger partial charge in [-0.2, -0.15) is 10.1 Å². The molecule has 2 aliphatic rings. The molecule has 3 aromatic rings. The molecule has 0 radical (unpaired) electrons. The first-order valence-electron chi connectivity index (χ1n) is 12.5. The van der Waals surface area contributed by atoms with Gasteiger partial charge in [-0.3, -0.25) is 24.5 Å². The Morgan fingerprint density at radius 1 is 1.07 bits per heavy atom. The third-order valence-electron chi connectivity index (χ3n) is 6.69. The number of ether oxygens (including phenoxy) is 3. The van der Waals surface area contributed by atoms with Crippen LogP contribution in [0.5, 0.6) is 11.5 Å². The van der Waals surface area contributed by atoms with E-state index in [9.17, 15) is 24.5 Å². The summed E-state index contributed by atoms with van der Waals surface area (Å²) in [5, 5.41) is 16.7. The minimum Gasteiger partial charge on any atom is -0.493 e. The number of hydrogen-bond donors (Lipinski definition) is 0. The van der Waals surface area contributed by atoms with Crippen molar-refractivity contribution in [1.29, 1.82) is 0 Å². The van der Waals surface area contributed by atoms with Gasteiger partial charge in [0.1, 0.15) is 0 Å². The Kier molecular flexibility index (Phi) is 7.18. The summed E-state index contributed by atoms with van der Waals surface area (Å²) >= 11 is 0. The number of imide groups is 1. The van der Waals surface area contributed by atoms with Crippen LogP contribution in [0.25, 0.3) is 10.8 Å². The molecule has 2 aliphatic heterocycles. The Morgan fingerprint density at radius 2 is 1.77 bits per heavy atom. The van der Waals surface area contributed by atoms with Crippen molar-refractivity contribution in [2.75, 3.05) is 26.8 Å². The topological polar surface area (TPSA) is 141 Å². The normalized spacial score (nSPS) is 18.9. The van der Waals surface area contributed by atoms with Crippen molar-refractivity contribution in [1.82, 2.24) is 9.91 Å². The van der Waals surface area contributed by atoms with Crippen LogP contribution in [-0.4, -0.2) is 77.8 Å². The van der Waals surface area contributed by atoms with Gasteiger partial charge >= 0.3 is 0 Å². The summed E-state index contributed by atoms with van der Waals surface area (Å²) in [6, 6.07) is 11.9. The molecule has 3 amide bonds. The summed E-state index contributed by atoms with van der Waals surface area (Å²) in [7, 11) is 1.45. The summed E-state index contributed by atoms with van der Waals surface area (Å²) in [4.78, 5) is 51.5. The zero-order chi connectivity index (χ0) is 28.6. The van der Waals surface area contributed by atoms with Gasteiger partial charge in [0.15, 0.2) is 18.1 Å². The van der Waals surface area contributed by atoms with Gasteiger partial charge in [0, 0.05) is 24.5 Å². The predicted octanol–water partition coefficient (Wildman–Crippen LogP) is 3.40. The lowest BCUT2D eigenvalue weighted by Crippen LogP contribution is -2.49. The van der Waals surface area contributed by atoms with Crippen LogP contribution in [0.4, 0.5) is 5.69 Å². The van der Waals surface area contributed by atoms with Gasteiger partial charge in [0.2, 0.25) is 0 Å². The number of nitro groups is 1. The van der Waals surface area contributed by atoms with Crippen molar-refractivity contribution in [3.63, 3.8) is 0 Å². The number of nitro benzene ring substituents is 1. The quantitative estimate of drug-likeness (QED) is 0.190. The summed E-state index contributed by atoms with van der Waals surface area (Å²) in [5.74, 6) is -0.889.